The van der Waals surface area contributed by atoms with Crippen LogP contribution in [0.3, 0.4) is 0 Å². The molecule has 10 heteroatoms. The molecule has 0 unspecified atom stereocenters. The molecule has 0 heterocycles. The van der Waals surface area contributed by atoms with Gasteiger partial charge < -0.3 is 10.1 Å². The number of nitrogens with one attached hydrogen (secondary N) is 1. The Morgan fingerprint density at radius 2 is 1.65 bits per heavy atom. The van der Waals surface area contributed by atoms with Gasteiger partial charge in [0.1, 0.15) is 0 Å². The number of ether oxygens (including phenoxy) is 1. The second-order valence-electron chi connectivity index (χ2n) is 5.20. The monoisotopic (exact) mass is 435 g/mol. The molecule has 0 saturated heterocycles. The fourth-order valence-electron chi connectivity index (χ4n) is 1.92. The Morgan fingerprint density at radius 1 is 1.04 bits per heavy atom. The number of hydrogen-bond donors (Lipinski definition) is 1. The first-order chi connectivity index (χ1) is 12.1. The van der Waals surface area contributed by atoms with Crippen LogP contribution in [0, 0.1) is 0 Å². The summed E-state index contributed by atoms with van der Waals surface area (Å²) in [7, 11) is -3.53. The van der Waals surface area contributed by atoms with Crippen molar-refractivity contribution in [1.29, 1.82) is 0 Å². The zero-order chi connectivity index (χ0) is 19.5. The van der Waals surface area contributed by atoms with Gasteiger partial charge in [-0.05, 0) is 36.4 Å². The Bertz CT molecular complexity index is 956. The van der Waals surface area contributed by atoms with Crippen LogP contribution in [0.5, 0.6) is 0 Å². The van der Waals surface area contributed by atoms with Gasteiger partial charge in [-0.1, -0.05) is 34.8 Å². The molecule has 2 rings (SSSR count). The highest BCUT2D eigenvalue weighted by atomic mass is 35.5. The van der Waals surface area contributed by atoms with Crippen molar-refractivity contribution in [2.75, 3.05) is 18.2 Å². The maximum atomic E-state index is 12.1. The molecule has 138 valence electrons. The number of halogens is 3. The molecule has 0 spiro atoms. The molecule has 0 atom stereocenters. The van der Waals surface area contributed by atoms with E-state index in [1.807, 2.05) is 0 Å². The number of carbonyl (C=O) groups is 2. The second-order valence-corrected chi connectivity index (χ2v) is 8.49. The molecule has 0 radical (unpaired) electrons. The summed E-state index contributed by atoms with van der Waals surface area (Å²) in [4.78, 5) is 23.9. The van der Waals surface area contributed by atoms with Crippen molar-refractivity contribution in [3.63, 3.8) is 0 Å². The molecule has 1 amide bonds. The number of esters is 1. The van der Waals surface area contributed by atoms with Crippen LogP contribution < -0.4 is 5.32 Å². The number of rotatable bonds is 5. The first-order valence-corrected chi connectivity index (χ1v) is 10.0. The summed E-state index contributed by atoms with van der Waals surface area (Å²) in [6, 6.07) is 8.07. The second kappa shape index (κ2) is 8.26. The summed E-state index contributed by atoms with van der Waals surface area (Å²) >= 11 is 17.5. The van der Waals surface area contributed by atoms with E-state index in [4.69, 9.17) is 39.5 Å². The Morgan fingerprint density at radius 3 is 2.23 bits per heavy atom. The van der Waals surface area contributed by atoms with Crippen molar-refractivity contribution in [1.82, 2.24) is 0 Å². The number of amides is 1. The Hall–Kier alpha value is -1.80. The van der Waals surface area contributed by atoms with Crippen LogP contribution in [0.15, 0.2) is 41.3 Å². The summed E-state index contributed by atoms with van der Waals surface area (Å²) in [5.74, 6) is -1.56. The van der Waals surface area contributed by atoms with E-state index in [1.165, 1.54) is 30.3 Å². The van der Waals surface area contributed by atoms with Gasteiger partial charge in [0.05, 0.1) is 15.5 Å². The van der Waals surface area contributed by atoms with Crippen LogP contribution in [-0.4, -0.2) is 33.2 Å². The molecule has 26 heavy (non-hydrogen) atoms. The van der Waals surface area contributed by atoms with Crippen LogP contribution >= 0.6 is 34.8 Å². The van der Waals surface area contributed by atoms with E-state index in [1.54, 1.807) is 0 Å². The Labute approximate surface area is 164 Å². The van der Waals surface area contributed by atoms with E-state index in [2.05, 4.69) is 5.32 Å². The predicted octanol–water partition coefficient (Wildman–Crippen LogP) is 3.85. The fraction of sp³-hybridized carbons (Fsp3) is 0.125. The number of hydrogen-bond acceptors (Lipinski definition) is 5. The fourth-order valence-corrected chi connectivity index (χ4v) is 3.29. The highest BCUT2D eigenvalue weighted by molar-refractivity contribution is 7.90. The van der Waals surface area contributed by atoms with Crippen LogP contribution in [0.2, 0.25) is 15.1 Å². The molecule has 6 nitrogen and oxygen atoms in total. The van der Waals surface area contributed by atoms with E-state index in [0.717, 1.165) is 12.3 Å². The highest BCUT2D eigenvalue weighted by Gasteiger charge is 2.18. The maximum Gasteiger partial charge on any atom is 0.340 e. The molecule has 0 fully saturated rings. The molecular weight excluding hydrogens is 425 g/mol. The number of sulfone groups is 1. The van der Waals surface area contributed by atoms with Crippen LogP contribution in [0.25, 0.3) is 0 Å². The molecule has 0 aliphatic heterocycles. The van der Waals surface area contributed by atoms with Crippen LogP contribution in [0.4, 0.5) is 5.69 Å². The summed E-state index contributed by atoms with van der Waals surface area (Å²) in [5.41, 5.74) is 0.175. The minimum atomic E-state index is -3.53. The highest BCUT2D eigenvalue weighted by Crippen LogP contribution is 2.23. The predicted molar refractivity (Wildman–Crippen MR) is 99.9 cm³/mol. The smallest absolute Gasteiger partial charge is 0.340 e. The van der Waals surface area contributed by atoms with E-state index >= 15 is 0 Å². The average Bonchev–Trinajstić information content (AvgIpc) is 2.51. The van der Waals surface area contributed by atoms with Crippen molar-refractivity contribution >= 4 is 62.2 Å². The minimum Gasteiger partial charge on any atom is -0.452 e. The third-order valence-corrected chi connectivity index (χ3v) is 4.94. The van der Waals surface area contributed by atoms with Crippen LogP contribution in [-0.2, 0) is 19.4 Å². The van der Waals surface area contributed by atoms with Gasteiger partial charge in [-0.25, -0.2) is 13.2 Å². The third-order valence-electron chi connectivity index (χ3n) is 3.07. The van der Waals surface area contributed by atoms with Gasteiger partial charge in [-0.3, -0.25) is 4.79 Å². The topological polar surface area (TPSA) is 89.5 Å². The lowest BCUT2D eigenvalue weighted by molar-refractivity contribution is -0.119. The molecule has 0 aliphatic rings. The Kier molecular flexibility index (Phi) is 6.52. The van der Waals surface area contributed by atoms with Crippen molar-refractivity contribution in [3.05, 3.63) is 57.0 Å². The molecule has 0 saturated carbocycles. The number of benzene rings is 2. The third kappa shape index (κ3) is 5.60. The minimum absolute atomic E-state index is 0.00410. The van der Waals surface area contributed by atoms with Gasteiger partial charge in [0.25, 0.3) is 5.91 Å². The molecule has 1 N–H and O–H groups in total. The first kappa shape index (κ1) is 20.5. The van der Waals surface area contributed by atoms with Gasteiger partial charge >= 0.3 is 5.97 Å². The van der Waals surface area contributed by atoms with E-state index in [-0.39, 0.29) is 15.5 Å². The zero-order valence-corrected chi connectivity index (χ0v) is 16.3. The molecular formula is C16H12Cl3NO5S. The summed E-state index contributed by atoms with van der Waals surface area (Å²) in [5, 5.41) is 3.13. The quantitative estimate of drug-likeness (QED) is 0.719. The van der Waals surface area contributed by atoms with Gasteiger partial charge in [0, 0.05) is 22.0 Å². The standard InChI is InChI=1S/C16H12Cl3NO5S/c1-26(23,24)12-2-3-14(19)13(7-12)16(22)25-8-15(21)20-11-5-9(17)4-10(18)6-11/h2-7H,8H2,1H3,(H,20,21). The van der Waals surface area contributed by atoms with Crippen molar-refractivity contribution in [3.8, 4) is 0 Å². The average molecular weight is 437 g/mol. The van der Waals surface area contributed by atoms with Crippen molar-refractivity contribution < 1.29 is 22.7 Å². The summed E-state index contributed by atoms with van der Waals surface area (Å²) in [6.45, 7) is -0.609. The van der Waals surface area contributed by atoms with E-state index < -0.39 is 28.3 Å². The van der Waals surface area contributed by atoms with Gasteiger partial charge in [-0.2, -0.15) is 0 Å². The lowest BCUT2D eigenvalue weighted by atomic mass is 10.2. The lowest BCUT2D eigenvalue weighted by Crippen LogP contribution is -2.21. The van der Waals surface area contributed by atoms with Crippen molar-refractivity contribution in [2.24, 2.45) is 0 Å². The first-order valence-electron chi connectivity index (χ1n) is 6.99. The van der Waals surface area contributed by atoms with Crippen molar-refractivity contribution in [2.45, 2.75) is 4.90 Å². The van der Waals surface area contributed by atoms with Gasteiger partial charge in [0.15, 0.2) is 16.4 Å². The summed E-state index contributed by atoms with van der Waals surface area (Å²) in [6.07, 6.45) is 0.995. The number of anilines is 1. The summed E-state index contributed by atoms with van der Waals surface area (Å²) < 4.78 is 28.0. The SMILES string of the molecule is CS(=O)(=O)c1ccc(Cl)c(C(=O)OCC(=O)Nc2cc(Cl)cc(Cl)c2)c1. The molecule has 0 aromatic heterocycles. The Balaban J connectivity index is 2.05. The molecule has 2 aromatic rings. The van der Waals surface area contributed by atoms with E-state index in [9.17, 15) is 18.0 Å². The largest absolute Gasteiger partial charge is 0.452 e. The molecule has 2 aromatic carbocycles. The van der Waals surface area contributed by atoms with Crippen LogP contribution in [0.1, 0.15) is 10.4 Å². The van der Waals surface area contributed by atoms with Gasteiger partial charge in [0.2, 0.25) is 0 Å². The normalized spacial score (nSPS) is 11.1. The van der Waals surface area contributed by atoms with E-state index in [0.29, 0.717) is 15.7 Å². The molecule has 0 aliphatic carbocycles. The lowest BCUT2D eigenvalue weighted by Gasteiger charge is -2.09. The van der Waals surface area contributed by atoms with Gasteiger partial charge in [-0.15, -0.1) is 0 Å². The molecule has 0 bridgehead atoms. The maximum absolute atomic E-state index is 12.1. The zero-order valence-electron chi connectivity index (χ0n) is 13.3. The number of carbonyl (C=O) groups excluding carboxylic acids is 2.